The SMILES string of the molecule is Clc1ccc(Cc2nc3cc(-n4cccc4)ccc3o2)cc1. The second-order valence-electron chi connectivity index (χ2n) is 5.15. The fourth-order valence-corrected chi connectivity index (χ4v) is 2.61. The molecular formula is C18H13ClN2O. The lowest BCUT2D eigenvalue weighted by Gasteiger charge is -2.00. The Balaban J connectivity index is 1.67. The van der Waals surface area contributed by atoms with Crippen molar-refractivity contribution in [3.05, 3.63) is 83.5 Å². The third-order valence-corrected chi connectivity index (χ3v) is 3.84. The molecule has 0 aliphatic rings. The number of nitrogens with zero attached hydrogens (tertiary/aromatic N) is 2. The lowest BCUT2D eigenvalue weighted by atomic mass is 10.1. The van der Waals surface area contributed by atoms with E-state index in [1.807, 2.05) is 71.6 Å². The summed E-state index contributed by atoms with van der Waals surface area (Å²) in [5, 5.41) is 0.734. The van der Waals surface area contributed by atoms with Crippen molar-refractivity contribution >= 4 is 22.7 Å². The summed E-state index contributed by atoms with van der Waals surface area (Å²) in [6.45, 7) is 0. The minimum absolute atomic E-state index is 0.657. The third-order valence-electron chi connectivity index (χ3n) is 3.59. The zero-order chi connectivity index (χ0) is 14.9. The van der Waals surface area contributed by atoms with E-state index < -0.39 is 0 Å². The molecule has 108 valence electrons. The fourth-order valence-electron chi connectivity index (χ4n) is 2.48. The molecule has 0 aliphatic carbocycles. The topological polar surface area (TPSA) is 31.0 Å². The number of halogens is 1. The highest BCUT2D eigenvalue weighted by atomic mass is 35.5. The van der Waals surface area contributed by atoms with E-state index in [1.54, 1.807) is 0 Å². The van der Waals surface area contributed by atoms with Gasteiger partial charge in [-0.25, -0.2) is 4.98 Å². The van der Waals surface area contributed by atoms with Crippen LogP contribution in [0.25, 0.3) is 16.8 Å². The summed E-state index contributed by atoms with van der Waals surface area (Å²) in [6, 6.07) is 17.8. The summed E-state index contributed by atoms with van der Waals surface area (Å²) >= 11 is 5.90. The standard InChI is InChI=1S/C18H13ClN2O/c19-14-5-3-13(4-6-14)11-18-20-16-12-15(7-8-17(16)22-18)21-9-1-2-10-21/h1-10,12H,11H2. The lowest BCUT2D eigenvalue weighted by Crippen LogP contribution is -1.89. The molecule has 2 aromatic carbocycles. The van der Waals surface area contributed by atoms with Gasteiger partial charge in [-0.2, -0.15) is 0 Å². The van der Waals surface area contributed by atoms with Crippen LogP contribution >= 0.6 is 11.6 Å². The Hall–Kier alpha value is -2.52. The van der Waals surface area contributed by atoms with Gasteiger partial charge in [0.1, 0.15) is 5.52 Å². The van der Waals surface area contributed by atoms with Crippen LogP contribution in [0.5, 0.6) is 0 Å². The van der Waals surface area contributed by atoms with Crippen LogP contribution in [0.4, 0.5) is 0 Å². The molecule has 0 spiro atoms. The molecule has 4 rings (SSSR count). The van der Waals surface area contributed by atoms with Gasteiger partial charge < -0.3 is 8.98 Å². The largest absolute Gasteiger partial charge is 0.440 e. The van der Waals surface area contributed by atoms with E-state index in [0.29, 0.717) is 12.3 Å². The number of rotatable bonds is 3. The second-order valence-corrected chi connectivity index (χ2v) is 5.59. The van der Waals surface area contributed by atoms with Gasteiger partial charge in [0.15, 0.2) is 11.5 Å². The Kier molecular flexibility index (Phi) is 3.20. The molecule has 3 nitrogen and oxygen atoms in total. The number of hydrogen-bond donors (Lipinski definition) is 0. The van der Waals surface area contributed by atoms with Crippen LogP contribution in [0.15, 0.2) is 71.4 Å². The first kappa shape index (κ1) is 13.2. The quantitative estimate of drug-likeness (QED) is 0.541. The van der Waals surface area contributed by atoms with Gasteiger partial charge in [-0.15, -0.1) is 0 Å². The van der Waals surface area contributed by atoms with E-state index in [1.165, 1.54) is 0 Å². The Bertz CT molecular complexity index is 908. The first-order chi connectivity index (χ1) is 10.8. The Morgan fingerprint density at radius 3 is 2.55 bits per heavy atom. The molecule has 0 aliphatic heterocycles. The molecule has 0 atom stereocenters. The molecule has 22 heavy (non-hydrogen) atoms. The minimum Gasteiger partial charge on any atom is -0.440 e. The molecule has 0 N–H and O–H groups in total. The Morgan fingerprint density at radius 1 is 1.00 bits per heavy atom. The maximum absolute atomic E-state index is 5.90. The highest BCUT2D eigenvalue weighted by Crippen LogP contribution is 2.21. The van der Waals surface area contributed by atoms with Gasteiger partial charge in [-0.1, -0.05) is 23.7 Å². The minimum atomic E-state index is 0.657. The van der Waals surface area contributed by atoms with Crippen molar-refractivity contribution < 1.29 is 4.42 Å². The van der Waals surface area contributed by atoms with E-state index >= 15 is 0 Å². The summed E-state index contributed by atoms with van der Waals surface area (Å²) in [4.78, 5) is 4.59. The van der Waals surface area contributed by atoms with Crippen LogP contribution in [0, 0.1) is 0 Å². The zero-order valence-electron chi connectivity index (χ0n) is 11.7. The normalized spacial score (nSPS) is 11.1. The molecular weight excluding hydrogens is 296 g/mol. The summed E-state index contributed by atoms with van der Waals surface area (Å²) in [5.74, 6) is 0.710. The van der Waals surface area contributed by atoms with Gasteiger partial charge >= 0.3 is 0 Å². The predicted octanol–water partition coefficient (Wildman–Crippen LogP) is 4.86. The Labute approximate surface area is 132 Å². The van der Waals surface area contributed by atoms with Crippen molar-refractivity contribution in [3.8, 4) is 5.69 Å². The molecule has 0 amide bonds. The molecule has 4 aromatic rings. The molecule has 0 unspecified atom stereocenters. The van der Waals surface area contributed by atoms with Crippen LogP contribution in [-0.2, 0) is 6.42 Å². The monoisotopic (exact) mass is 308 g/mol. The summed E-state index contributed by atoms with van der Waals surface area (Å²) in [6.07, 6.45) is 4.68. The van der Waals surface area contributed by atoms with Gasteiger partial charge in [0, 0.05) is 29.5 Å². The van der Waals surface area contributed by atoms with Gasteiger partial charge in [-0.3, -0.25) is 0 Å². The average Bonchev–Trinajstić information content (AvgIpc) is 3.17. The van der Waals surface area contributed by atoms with Gasteiger partial charge in [0.25, 0.3) is 0 Å². The van der Waals surface area contributed by atoms with E-state index in [2.05, 4.69) is 4.98 Å². The maximum atomic E-state index is 5.90. The summed E-state index contributed by atoms with van der Waals surface area (Å²) < 4.78 is 7.87. The zero-order valence-corrected chi connectivity index (χ0v) is 12.5. The number of benzene rings is 2. The molecule has 4 heteroatoms. The van der Waals surface area contributed by atoms with Crippen LogP contribution in [0.3, 0.4) is 0 Å². The van der Waals surface area contributed by atoms with E-state index in [9.17, 15) is 0 Å². The van der Waals surface area contributed by atoms with Crippen molar-refractivity contribution in [1.82, 2.24) is 9.55 Å². The van der Waals surface area contributed by atoms with Crippen LogP contribution in [-0.4, -0.2) is 9.55 Å². The highest BCUT2D eigenvalue weighted by Gasteiger charge is 2.08. The van der Waals surface area contributed by atoms with Crippen molar-refractivity contribution in [2.45, 2.75) is 6.42 Å². The highest BCUT2D eigenvalue weighted by molar-refractivity contribution is 6.30. The molecule has 2 aromatic heterocycles. The van der Waals surface area contributed by atoms with E-state index in [4.69, 9.17) is 16.0 Å². The first-order valence-electron chi connectivity index (χ1n) is 7.05. The number of fused-ring (bicyclic) bond motifs is 1. The number of aromatic nitrogens is 2. The van der Waals surface area contributed by atoms with Crippen molar-refractivity contribution in [1.29, 1.82) is 0 Å². The van der Waals surface area contributed by atoms with Crippen LogP contribution < -0.4 is 0 Å². The van der Waals surface area contributed by atoms with Gasteiger partial charge in [0.05, 0.1) is 0 Å². The third kappa shape index (κ3) is 2.51. The molecule has 0 fully saturated rings. The van der Waals surface area contributed by atoms with Gasteiger partial charge in [0.2, 0.25) is 0 Å². The number of oxazole rings is 1. The molecule has 0 radical (unpaired) electrons. The van der Waals surface area contributed by atoms with Crippen molar-refractivity contribution in [2.24, 2.45) is 0 Å². The molecule has 0 saturated heterocycles. The van der Waals surface area contributed by atoms with E-state index in [0.717, 1.165) is 27.4 Å². The maximum Gasteiger partial charge on any atom is 0.199 e. The van der Waals surface area contributed by atoms with Crippen LogP contribution in [0.1, 0.15) is 11.5 Å². The smallest absolute Gasteiger partial charge is 0.199 e. The summed E-state index contributed by atoms with van der Waals surface area (Å²) in [7, 11) is 0. The molecule has 2 heterocycles. The molecule has 0 saturated carbocycles. The van der Waals surface area contributed by atoms with Crippen LogP contribution in [0.2, 0.25) is 5.02 Å². The Morgan fingerprint density at radius 2 is 1.77 bits per heavy atom. The van der Waals surface area contributed by atoms with Gasteiger partial charge in [-0.05, 0) is 48.0 Å². The molecule has 0 bridgehead atoms. The second kappa shape index (κ2) is 5.35. The fraction of sp³-hybridized carbons (Fsp3) is 0.0556. The van der Waals surface area contributed by atoms with E-state index in [-0.39, 0.29) is 0 Å². The summed E-state index contributed by atoms with van der Waals surface area (Å²) in [5.41, 5.74) is 3.88. The lowest BCUT2D eigenvalue weighted by molar-refractivity contribution is 0.544. The predicted molar refractivity (Wildman–Crippen MR) is 87.6 cm³/mol. The van der Waals surface area contributed by atoms with Crippen molar-refractivity contribution in [2.75, 3.05) is 0 Å². The average molecular weight is 309 g/mol. The van der Waals surface area contributed by atoms with Crippen molar-refractivity contribution in [3.63, 3.8) is 0 Å². The first-order valence-corrected chi connectivity index (χ1v) is 7.43. The number of hydrogen-bond acceptors (Lipinski definition) is 2.